The van der Waals surface area contributed by atoms with Gasteiger partial charge in [0.25, 0.3) is 0 Å². The van der Waals surface area contributed by atoms with Gasteiger partial charge in [0.1, 0.15) is 11.5 Å². The maximum absolute atomic E-state index is 12.4. The second-order valence-corrected chi connectivity index (χ2v) is 6.65. The quantitative estimate of drug-likeness (QED) is 0.800. The monoisotopic (exact) mass is 332 g/mol. The van der Waals surface area contributed by atoms with Gasteiger partial charge in [0, 0.05) is 10.8 Å². The van der Waals surface area contributed by atoms with Crippen LogP contribution in [0, 0.1) is 0 Å². The van der Waals surface area contributed by atoms with E-state index in [-0.39, 0.29) is 22.5 Å². The molecule has 0 radical (unpaired) electrons. The summed E-state index contributed by atoms with van der Waals surface area (Å²) in [6.07, 6.45) is 2.63. The average Bonchev–Trinajstić information content (AvgIpc) is 2.99. The third-order valence-corrected chi connectivity index (χ3v) is 5.12. The van der Waals surface area contributed by atoms with E-state index in [0.29, 0.717) is 15.5 Å². The lowest BCUT2D eigenvalue weighted by atomic mass is 10.1. The normalized spacial score (nSPS) is 17.3. The molecule has 2 aromatic carbocycles. The Balaban J connectivity index is 1.76. The number of ketones is 1. The van der Waals surface area contributed by atoms with Gasteiger partial charge >= 0.3 is 0 Å². The lowest BCUT2D eigenvalue weighted by Gasteiger charge is -2.11. The van der Waals surface area contributed by atoms with Crippen LogP contribution >= 0.6 is 23.4 Å². The Hall–Kier alpha value is -1.91. The highest BCUT2D eigenvalue weighted by Crippen LogP contribution is 2.45. The second-order valence-electron chi connectivity index (χ2n) is 5.00. The van der Waals surface area contributed by atoms with Crippen molar-refractivity contribution in [3.8, 4) is 11.5 Å². The predicted molar refractivity (Wildman–Crippen MR) is 88.6 cm³/mol. The molecule has 0 aliphatic carbocycles. The van der Waals surface area contributed by atoms with Crippen molar-refractivity contribution < 1.29 is 15.0 Å². The first kappa shape index (κ1) is 15.0. The van der Waals surface area contributed by atoms with Crippen molar-refractivity contribution in [2.24, 2.45) is 0 Å². The molecule has 112 valence electrons. The maximum atomic E-state index is 12.4. The molecule has 22 heavy (non-hydrogen) atoms. The molecule has 0 spiro atoms. The van der Waals surface area contributed by atoms with Gasteiger partial charge in [-0.1, -0.05) is 35.9 Å². The van der Waals surface area contributed by atoms with E-state index < -0.39 is 0 Å². The smallest absolute Gasteiger partial charge is 0.199 e. The number of carbonyl (C=O) groups excluding carboxylic acids is 1. The molecular weight excluding hydrogens is 320 g/mol. The van der Waals surface area contributed by atoms with Crippen molar-refractivity contribution in [2.45, 2.75) is 11.7 Å². The fraction of sp³-hybridized carbons (Fsp3) is 0.118. The number of benzene rings is 2. The molecule has 1 atom stereocenters. The zero-order valence-corrected chi connectivity index (χ0v) is 13.1. The average molecular weight is 333 g/mol. The standard InChI is InChI=1S/C17H13ClO3S/c18-13-9-10(4-5-14(13)20)15-6-7-16(22-15)17(21)11-2-1-3-12(19)8-11/h1-5,7-9,15,19-20H,6H2. The summed E-state index contributed by atoms with van der Waals surface area (Å²) >= 11 is 7.41. The highest BCUT2D eigenvalue weighted by molar-refractivity contribution is 8.04. The molecule has 1 aliphatic rings. The molecule has 1 heterocycles. The van der Waals surface area contributed by atoms with E-state index >= 15 is 0 Å². The number of hydrogen-bond donors (Lipinski definition) is 2. The number of phenols is 2. The molecule has 0 saturated carbocycles. The number of rotatable bonds is 3. The first-order valence-corrected chi connectivity index (χ1v) is 7.99. The van der Waals surface area contributed by atoms with Gasteiger partial charge in [-0.2, -0.15) is 0 Å². The topological polar surface area (TPSA) is 57.5 Å². The van der Waals surface area contributed by atoms with Crippen molar-refractivity contribution in [1.82, 2.24) is 0 Å². The zero-order chi connectivity index (χ0) is 15.7. The van der Waals surface area contributed by atoms with Crippen LogP contribution in [-0.2, 0) is 0 Å². The Morgan fingerprint density at radius 3 is 2.73 bits per heavy atom. The highest BCUT2D eigenvalue weighted by Gasteiger charge is 2.25. The van der Waals surface area contributed by atoms with Crippen molar-refractivity contribution in [1.29, 1.82) is 0 Å². The lowest BCUT2D eigenvalue weighted by Crippen LogP contribution is -1.99. The van der Waals surface area contributed by atoms with Gasteiger partial charge in [-0.15, -0.1) is 11.8 Å². The van der Waals surface area contributed by atoms with Crippen molar-refractivity contribution >= 4 is 29.1 Å². The van der Waals surface area contributed by atoms with Gasteiger partial charge in [0.15, 0.2) is 5.78 Å². The molecule has 0 aromatic heterocycles. The van der Waals surface area contributed by atoms with E-state index in [9.17, 15) is 15.0 Å². The molecule has 0 amide bonds. The van der Waals surface area contributed by atoms with Gasteiger partial charge < -0.3 is 10.2 Å². The summed E-state index contributed by atoms with van der Waals surface area (Å²) in [6.45, 7) is 0. The molecule has 0 fully saturated rings. The number of phenolic OH excluding ortho intramolecular Hbond substituents is 2. The van der Waals surface area contributed by atoms with Crippen LogP contribution in [0.1, 0.15) is 27.6 Å². The van der Waals surface area contributed by atoms with Crippen LogP contribution in [0.3, 0.4) is 0 Å². The van der Waals surface area contributed by atoms with Gasteiger partial charge in [-0.25, -0.2) is 0 Å². The largest absolute Gasteiger partial charge is 0.508 e. The first-order valence-electron chi connectivity index (χ1n) is 6.73. The lowest BCUT2D eigenvalue weighted by molar-refractivity contribution is 0.104. The SMILES string of the molecule is O=C(C1=CCC(c2ccc(O)c(Cl)c2)S1)c1cccc(O)c1. The van der Waals surface area contributed by atoms with E-state index in [1.54, 1.807) is 24.3 Å². The third-order valence-electron chi connectivity index (χ3n) is 3.46. The van der Waals surface area contributed by atoms with Gasteiger partial charge in [0.2, 0.25) is 0 Å². The predicted octanol–water partition coefficient (Wildman–Crippen LogP) is 4.70. The number of hydrogen-bond acceptors (Lipinski definition) is 4. The number of Topliss-reactive ketones (excluding diaryl/α,β-unsaturated/α-hetero) is 1. The van der Waals surface area contributed by atoms with Gasteiger partial charge in [0.05, 0.1) is 9.93 Å². The highest BCUT2D eigenvalue weighted by atomic mass is 35.5. The molecule has 2 N–H and O–H groups in total. The van der Waals surface area contributed by atoms with E-state index in [2.05, 4.69) is 0 Å². The van der Waals surface area contributed by atoms with E-state index in [0.717, 1.165) is 12.0 Å². The number of carbonyl (C=O) groups is 1. The first-order chi connectivity index (χ1) is 10.5. The minimum Gasteiger partial charge on any atom is -0.508 e. The van der Waals surface area contributed by atoms with Gasteiger partial charge in [-0.3, -0.25) is 4.79 Å². The van der Waals surface area contributed by atoms with Crippen LogP contribution in [0.25, 0.3) is 0 Å². The van der Waals surface area contributed by atoms with E-state index in [4.69, 9.17) is 11.6 Å². The minimum absolute atomic E-state index is 0.0532. The Bertz CT molecular complexity index is 770. The van der Waals surface area contributed by atoms with E-state index in [1.807, 2.05) is 12.1 Å². The van der Waals surface area contributed by atoms with Crippen LogP contribution in [0.2, 0.25) is 5.02 Å². The van der Waals surface area contributed by atoms with E-state index in [1.165, 1.54) is 23.9 Å². The molecule has 5 heteroatoms. The minimum atomic E-state index is -0.0896. The summed E-state index contributed by atoms with van der Waals surface area (Å²) < 4.78 is 0. The van der Waals surface area contributed by atoms with Crippen molar-refractivity contribution in [3.05, 3.63) is 69.6 Å². The molecule has 1 unspecified atom stereocenters. The number of thioether (sulfide) groups is 1. The van der Waals surface area contributed by atoms with Crippen LogP contribution in [-0.4, -0.2) is 16.0 Å². The molecular formula is C17H13ClO3S. The molecule has 1 aliphatic heterocycles. The molecule has 3 rings (SSSR count). The Kier molecular flexibility index (Phi) is 4.14. The fourth-order valence-electron chi connectivity index (χ4n) is 2.33. The van der Waals surface area contributed by atoms with Gasteiger partial charge in [-0.05, 0) is 36.2 Å². The summed E-state index contributed by atoms with van der Waals surface area (Å²) in [6, 6.07) is 11.4. The van der Waals surface area contributed by atoms with Crippen molar-refractivity contribution in [3.63, 3.8) is 0 Å². The third kappa shape index (κ3) is 2.98. The second kappa shape index (κ2) is 6.07. The van der Waals surface area contributed by atoms with Crippen LogP contribution in [0.5, 0.6) is 11.5 Å². The molecule has 3 nitrogen and oxygen atoms in total. The summed E-state index contributed by atoms with van der Waals surface area (Å²) in [7, 11) is 0. The number of halogens is 1. The molecule has 2 aromatic rings. The summed E-state index contributed by atoms with van der Waals surface area (Å²) in [5.41, 5.74) is 1.45. The van der Waals surface area contributed by atoms with Crippen LogP contribution in [0.15, 0.2) is 53.4 Å². The molecule has 0 saturated heterocycles. The van der Waals surface area contributed by atoms with Crippen molar-refractivity contribution in [2.75, 3.05) is 0 Å². The fourth-order valence-corrected chi connectivity index (χ4v) is 3.71. The van der Waals surface area contributed by atoms with Crippen LogP contribution < -0.4 is 0 Å². The Labute approximate surface area is 137 Å². The summed E-state index contributed by atoms with van der Waals surface area (Å²) in [5, 5.41) is 19.4. The summed E-state index contributed by atoms with van der Waals surface area (Å²) in [4.78, 5) is 13.1. The summed E-state index contributed by atoms with van der Waals surface area (Å²) in [5.74, 6) is 0.0435. The number of allylic oxidation sites excluding steroid dienone is 2. The Morgan fingerprint density at radius 2 is 2.00 bits per heavy atom. The zero-order valence-electron chi connectivity index (χ0n) is 11.5. The maximum Gasteiger partial charge on any atom is 0.199 e. The van der Waals surface area contributed by atoms with Crippen LogP contribution in [0.4, 0.5) is 0 Å². The Morgan fingerprint density at radius 1 is 1.18 bits per heavy atom. The molecule has 0 bridgehead atoms. The number of aromatic hydroxyl groups is 2.